The average Bonchev–Trinajstić information content (AvgIpc) is 2.46. The molecular formula is C8H10OTi. The topological polar surface area (TPSA) is 17.1 Å². The fourth-order valence-corrected chi connectivity index (χ4v) is 2.26. The summed E-state index contributed by atoms with van der Waals surface area (Å²) in [6, 6.07) is 0. The summed E-state index contributed by atoms with van der Waals surface area (Å²) in [4.78, 5) is 7.50. The Morgan fingerprint density at radius 1 is 1.70 bits per heavy atom. The number of hydrogen-bond acceptors (Lipinski definition) is 1. The van der Waals surface area contributed by atoms with Gasteiger partial charge in [-0.15, -0.1) is 0 Å². The Morgan fingerprint density at radius 2 is 2.40 bits per heavy atom. The van der Waals surface area contributed by atoms with Crippen LogP contribution in [0.3, 0.4) is 0 Å². The molecule has 0 saturated heterocycles. The number of carbonyl (C=O) groups excluding carboxylic acids is 1. The number of hydrogen-bond donors (Lipinski definition) is 0. The third kappa shape index (κ3) is 3.81. The molecule has 1 rings (SSSR count). The molecule has 0 aromatic carbocycles. The first kappa shape index (κ1) is 9.86. The van der Waals surface area contributed by atoms with E-state index in [-0.39, 0.29) is 0 Å². The molecule has 0 aromatic heterocycles. The molecule has 1 aliphatic rings. The summed E-state index contributed by atoms with van der Waals surface area (Å²) in [7, 11) is 0. The summed E-state index contributed by atoms with van der Waals surface area (Å²) < 4.78 is 3.13. The van der Waals surface area contributed by atoms with Gasteiger partial charge in [-0.25, -0.2) is 0 Å². The van der Waals surface area contributed by atoms with E-state index in [1.54, 1.807) is 3.88 Å². The van der Waals surface area contributed by atoms with E-state index in [2.05, 4.69) is 31.9 Å². The second-order valence-electron chi connectivity index (χ2n) is 1.85. The van der Waals surface area contributed by atoms with Crippen molar-refractivity contribution in [2.75, 3.05) is 0 Å². The zero-order valence-electron chi connectivity index (χ0n) is 6.05. The average molecular weight is 170 g/mol. The third-order valence-electron chi connectivity index (χ3n) is 1.18. The predicted octanol–water partition coefficient (Wildman–Crippen LogP) is 1.95. The second-order valence-corrected chi connectivity index (χ2v) is 4.51. The maximum Gasteiger partial charge on any atom is 0.281 e. The zero-order chi connectivity index (χ0) is 7.82. The fourth-order valence-electron chi connectivity index (χ4n) is 0.805. The number of allylic oxidation sites excluding steroid dienone is 4. The Kier molecular flexibility index (Phi) is 6.88. The van der Waals surface area contributed by atoms with Crippen molar-refractivity contribution < 1.29 is 23.9 Å². The molecule has 0 aromatic rings. The van der Waals surface area contributed by atoms with Crippen LogP contribution in [0.1, 0.15) is 13.3 Å². The SMILES string of the molecule is C[CH2][Ti][C]1=CC=CC1.[C]=O. The summed E-state index contributed by atoms with van der Waals surface area (Å²) in [5, 5.41) is 0. The van der Waals surface area contributed by atoms with Gasteiger partial charge < -0.3 is 0 Å². The summed E-state index contributed by atoms with van der Waals surface area (Å²) in [5.74, 6) is 0. The molecule has 10 heavy (non-hydrogen) atoms. The molecular weight excluding hydrogens is 160 g/mol. The minimum Gasteiger partial charge on any atom is -0.281 e. The molecule has 0 atom stereocenters. The second kappa shape index (κ2) is 6.98. The molecule has 0 fully saturated rings. The van der Waals surface area contributed by atoms with Crippen molar-refractivity contribution in [3.63, 3.8) is 0 Å². The smallest absolute Gasteiger partial charge is 0.281 e. The molecule has 0 aliphatic heterocycles. The quantitative estimate of drug-likeness (QED) is 0.579. The maximum absolute atomic E-state index is 7.50. The van der Waals surface area contributed by atoms with Crippen LogP contribution in [0.4, 0.5) is 0 Å². The molecule has 2 heteroatoms. The van der Waals surface area contributed by atoms with Gasteiger partial charge in [0.15, 0.2) is 0 Å². The normalized spacial score (nSPS) is 13.5. The molecule has 52 valence electrons. The molecule has 1 aliphatic carbocycles. The van der Waals surface area contributed by atoms with Gasteiger partial charge in [0.05, 0.1) is 0 Å². The first-order valence-corrected chi connectivity index (χ1v) is 5.12. The van der Waals surface area contributed by atoms with E-state index >= 15 is 0 Å². The first-order chi connectivity index (χ1) is 4.93. The third-order valence-corrected chi connectivity index (χ3v) is 3.02. The van der Waals surface area contributed by atoms with Gasteiger partial charge in [-0.2, -0.15) is 0 Å². The van der Waals surface area contributed by atoms with E-state index in [0.29, 0.717) is 19.2 Å². The van der Waals surface area contributed by atoms with Crippen LogP contribution in [0.15, 0.2) is 22.1 Å². The van der Waals surface area contributed by atoms with Crippen LogP contribution in [0, 0.1) is 0 Å². The van der Waals surface area contributed by atoms with Crippen LogP contribution >= 0.6 is 0 Å². The van der Waals surface area contributed by atoms with E-state index in [9.17, 15) is 0 Å². The van der Waals surface area contributed by atoms with Gasteiger partial charge >= 0.3 is 59.3 Å². The molecule has 1 nitrogen and oxygen atoms in total. The molecule has 0 saturated carbocycles. The Labute approximate surface area is 71.1 Å². The van der Waals surface area contributed by atoms with Crippen LogP contribution in [0.25, 0.3) is 0 Å². The van der Waals surface area contributed by atoms with Crippen LogP contribution in [-0.4, -0.2) is 6.79 Å². The fraction of sp³-hybridized carbons (Fsp3) is 0.375. The first-order valence-electron chi connectivity index (χ1n) is 3.23. The maximum atomic E-state index is 7.50. The summed E-state index contributed by atoms with van der Waals surface area (Å²) >= 11 is 0.306. The van der Waals surface area contributed by atoms with Crippen LogP contribution in [-0.2, 0) is 23.9 Å². The van der Waals surface area contributed by atoms with Crippen molar-refractivity contribution >= 4 is 6.79 Å². The van der Waals surface area contributed by atoms with Crippen molar-refractivity contribution in [2.45, 2.75) is 18.1 Å². The Hall–Kier alpha value is -0.136. The standard InChI is InChI=1S/C5H5.C2H5.CO.Ti/c1-2-4-5-3-1;2*1-2;/h1-3H,4H2;1H2,2H3;;. The molecule has 0 N–H and O–H groups in total. The van der Waals surface area contributed by atoms with E-state index in [1.807, 2.05) is 0 Å². The predicted molar refractivity (Wildman–Crippen MR) is 38.0 cm³/mol. The monoisotopic (exact) mass is 170 g/mol. The van der Waals surface area contributed by atoms with Gasteiger partial charge in [0.1, 0.15) is 0 Å². The van der Waals surface area contributed by atoms with Gasteiger partial charge in [0, 0.05) is 0 Å². The van der Waals surface area contributed by atoms with Crippen LogP contribution in [0.5, 0.6) is 0 Å². The molecule has 0 amide bonds. The van der Waals surface area contributed by atoms with Gasteiger partial charge in [-0.1, -0.05) is 0 Å². The van der Waals surface area contributed by atoms with Gasteiger partial charge in [0.25, 0.3) is 6.79 Å². The summed E-state index contributed by atoms with van der Waals surface area (Å²) in [6.07, 6.45) is 7.96. The summed E-state index contributed by atoms with van der Waals surface area (Å²) in [5.41, 5.74) is 0. The van der Waals surface area contributed by atoms with E-state index in [4.69, 9.17) is 4.79 Å². The van der Waals surface area contributed by atoms with Crippen molar-refractivity contribution in [3.8, 4) is 0 Å². The van der Waals surface area contributed by atoms with Crippen molar-refractivity contribution in [1.82, 2.24) is 0 Å². The Morgan fingerprint density at radius 3 is 2.80 bits per heavy atom. The number of rotatable bonds is 2. The molecule has 0 bridgehead atoms. The minimum absolute atomic E-state index is 0.306. The van der Waals surface area contributed by atoms with E-state index in [1.165, 1.54) is 11.1 Å². The van der Waals surface area contributed by atoms with Gasteiger partial charge in [0.2, 0.25) is 0 Å². The molecule has 0 heterocycles. The zero-order valence-corrected chi connectivity index (χ0v) is 7.62. The van der Waals surface area contributed by atoms with Crippen molar-refractivity contribution in [3.05, 3.63) is 22.1 Å². The molecule has 2 radical (unpaired) electrons. The Bertz CT molecular complexity index is 138. The van der Waals surface area contributed by atoms with E-state index < -0.39 is 0 Å². The minimum atomic E-state index is 0.306. The largest absolute Gasteiger partial charge is 0.281 e. The Balaban J connectivity index is 0.000000371. The molecule has 0 unspecified atom stereocenters. The molecule has 0 spiro atoms. The van der Waals surface area contributed by atoms with E-state index in [0.717, 1.165) is 0 Å². The van der Waals surface area contributed by atoms with Crippen molar-refractivity contribution in [2.24, 2.45) is 0 Å². The van der Waals surface area contributed by atoms with Gasteiger partial charge in [-0.05, 0) is 0 Å². The van der Waals surface area contributed by atoms with Gasteiger partial charge in [-0.3, -0.25) is 4.79 Å². The van der Waals surface area contributed by atoms with Crippen molar-refractivity contribution in [1.29, 1.82) is 0 Å². The van der Waals surface area contributed by atoms with Crippen LogP contribution in [0.2, 0.25) is 4.73 Å². The van der Waals surface area contributed by atoms with Crippen LogP contribution < -0.4 is 0 Å². The summed E-state index contributed by atoms with van der Waals surface area (Å²) in [6.45, 7) is 6.78.